The first kappa shape index (κ1) is 11.8. The maximum Gasteiger partial charge on any atom is 0.0653 e. The first-order valence-corrected chi connectivity index (χ1v) is 5.62. The van der Waals surface area contributed by atoms with Gasteiger partial charge >= 0.3 is 0 Å². The monoisotopic (exact) mass is 204 g/mol. The van der Waals surface area contributed by atoms with E-state index >= 15 is 0 Å². The van der Waals surface area contributed by atoms with Crippen LogP contribution in [0.1, 0.15) is 44.7 Å². The van der Waals surface area contributed by atoms with Crippen molar-refractivity contribution in [2.75, 3.05) is 0 Å². The molecule has 2 aromatic rings. The highest BCUT2D eigenvalue weighted by Gasteiger charge is 2.08. The Labute approximate surface area is 91.7 Å². The molecule has 0 amide bonds. The Morgan fingerprint density at radius 1 is 1.20 bits per heavy atom. The minimum atomic E-state index is 0.557. The van der Waals surface area contributed by atoms with Crippen molar-refractivity contribution in [2.45, 2.75) is 40.5 Å². The Bertz CT molecular complexity index is 427. The van der Waals surface area contributed by atoms with Crippen molar-refractivity contribution >= 4 is 10.9 Å². The second-order valence-electron chi connectivity index (χ2n) is 3.78. The van der Waals surface area contributed by atoms with E-state index in [1.165, 1.54) is 16.5 Å². The standard InChI is InChI=1S/C11H14N2.C2H6/c1-7(2)11-8(3)4-5-10-9(11)6-12-13-10;1-2/h4-7H,1-3H3,(H,12,13);1-2H3. The van der Waals surface area contributed by atoms with Crippen LogP contribution in [-0.2, 0) is 0 Å². The second kappa shape index (κ2) is 4.96. The van der Waals surface area contributed by atoms with Gasteiger partial charge in [0.15, 0.2) is 0 Å². The lowest BCUT2D eigenvalue weighted by Gasteiger charge is -2.10. The first-order chi connectivity index (χ1) is 7.20. The molecule has 2 nitrogen and oxygen atoms in total. The normalized spacial score (nSPS) is 10.3. The fourth-order valence-electron chi connectivity index (χ4n) is 1.91. The number of hydrogen-bond donors (Lipinski definition) is 1. The number of benzene rings is 1. The third-order valence-electron chi connectivity index (χ3n) is 2.46. The molecule has 0 saturated heterocycles. The van der Waals surface area contributed by atoms with Gasteiger partial charge in [-0.15, -0.1) is 0 Å². The lowest BCUT2D eigenvalue weighted by atomic mass is 9.95. The summed E-state index contributed by atoms with van der Waals surface area (Å²) in [6.45, 7) is 10.6. The molecule has 0 aliphatic rings. The van der Waals surface area contributed by atoms with Gasteiger partial charge in [-0.3, -0.25) is 5.10 Å². The number of aromatic nitrogens is 2. The van der Waals surface area contributed by atoms with Crippen molar-refractivity contribution in [2.24, 2.45) is 0 Å². The van der Waals surface area contributed by atoms with Crippen LogP contribution in [0, 0.1) is 6.92 Å². The van der Waals surface area contributed by atoms with E-state index in [1.54, 1.807) is 0 Å². The summed E-state index contributed by atoms with van der Waals surface area (Å²) in [4.78, 5) is 0. The Balaban J connectivity index is 0.000000531. The summed E-state index contributed by atoms with van der Waals surface area (Å²) in [5.74, 6) is 0.557. The van der Waals surface area contributed by atoms with Gasteiger partial charge < -0.3 is 0 Å². The molecular formula is C13H20N2. The Kier molecular flexibility index (Phi) is 3.89. The summed E-state index contributed by atoms with van der Waals surface area (Å²) in [6, 6.07) is 4.24. The molecule has 2 rings (SSSR count). The van der Waals surface area contributed by atoms with Crippen molar-refractivity contribution in [1.29, 1.82) is 0 Å². The average molecular weight is 204 g/mol. The zero-order valence-electron chi connectivity index (χ0n) is 10.3. The largest absolute Gasteiger partial charge is 0.278 e. The Morgan fingerprint density at radius 2 is 1.87 bits per heavy atom. The fourth-order valence-corrected chi connectivity index (χ4v) is 1.91. The van der Waals surface area contributed by atoms with Gasteiger partial charge in [-0.25, -0.2) is 0 Å². The highest BCUT2D eigenvalue weighted by molar-refractivity contribution is 5.83. The number of rotatable bonds is 1. The number of nitrogens with zero attached hydrogens (tertiary/aromatic N) is 1. The highest BCUT2D eigenvalue weighted by atomic mass is 15.1. The van der Waals surface area contributed by atoms with Crippen LogP contribution in [0.5, 0.6) is 0 Å². The SMILES string of the molecule is CC.Cc1ccc2[nH]ncc2c1C(C)C. The van der Waals surface area contributed by atoms with Crippen LogP contribution in [0.3, 0.4) is 0 Å². The molecule has 0 atom stereocenters. The Hall–Kier alpha value is -1.31. The molecule has 82 valence electrons. The fraction of sp³-hybridized carbons (Fsp3) is 0.462. The summed E-state index contributed by atoms with van der Waals surface area (Å²) in [6.07, 6.45) is 1.91. The maximum absolute atomic E-state index is 4.06. The van der Waals surface area contributed by atoms with E-state index < -0.39 is 0 Å². The zero-order chi connectivity index (χ0) is 11.4. The molecule has 0 unspecified atom stereocenters. The van der Waals surface area contributed by atoms with E-state index in [2.05, 4.69) is 43.1 Å². The van der Waals surface area contributed by atoms with E-state index in [1.807, 2.05) is 20.0 Å². The van der Waals surface area contributed by atoms with Crippen LogP contribution in [0.4, 0.5) is 0 Å². The summed E-state index contributed by atoms with van der Waals surface area (Å²) < 4.78 is 0. The number of aromatic amines is 1. The van der Waals surface area contributed by atoms with Crippen LogP contribution < -0.4 is 0 Å². The van der Waals surface area contributed by atoms with Crippen molar-refractivity contribution in [3.05, 3.63) is 29.5 Å². The molecule has 0 aliphatic carbocycles. The number of fused-ring (bicyclic) bond motifs is 1. The minimum absolute atomic E-state index is 0.557. The first-order valence-electron chi connectivity index (χ1n) is 5.62. The lowest BCUT2D eigenvalue weighted by molar-refractivity contribution is 0.867. The van der Waals surface area contributed by atoms with Gasteiger partial charge in [0.05, 0.1) is 11.7 Å². The topological polar surface area (TPSA) is 28.7 Å². The Morgan fingerprint density at radius 3 is 2.47 bits per heavy atom. The third kappa shape index (κ3) is 2.20. The molecule has 0 spiro atoms. The van der Waals surface area contributed by atoms with Crippen LogP contribution in [0.2, 0.25) is 0 Å². The molecule has 1 aromatic heterocycles. The van der Waals surface area contributed by atoms with Crippen molar-refractivity contribution < 1.29 is 0 Å². The summed E-state index contributed by atoms with van der Waals surface area (Å²) in [7, 11) is 0. The number of aryl methyl sites for hydroxylation is 1. The predicted octanol–water partition coefficient (Wildman–Crippen LogP) is 4.02. The van der Waals surface area contributed by atoms with Crippen LogP contribution in [-0.4, -0.2) is 10.2 Å². The molecule has 0 bridgehead atoms. The number of nitrogens with one attached hydrogen (secondary N) is 1. The van der Waals surface area contributed by atoms with Crippen molar-refractivity contribution in [3.8, 4) is 0 Å². The summed E-state index contributed by atoms with van der Waals surface area (Å²) in [5, 5.41) is 8.31. The molecule has 1 N–H and O–H groups in total. The molecule has 0 aliphatic heterocycles. The van der Waals surface area contributed by atoms with E-state index in [4.69, 9.17) is 0 Å². The van der Waals surface area contributed by atoms with Gasteiger partial charge in [0.2, 0.25) is 0 Å². The highest BCUT2D eigenvalue weighted by Crippen LogP contribution is 2.26. The molecule has 15 heavy (non-hydrogen) atoms. The molecule has 1 aromatic carbocycles. The minimum Gasteiger partial charge on any atom is -0.278 e. The lowest BCUT2D eigenvalue weighted by Crippen LogP contribution is -1.92. The second-order valence-corrected chi connectivity index (χ2v) is 3.78. The van der Waals surface area contributed by atoms with Crippen molar-refractivity contribution in [3.63, 3.8) is 0 Å². The van der Waals surface area contributed by atoms with E-state index in [0.717, 1.165) is 5.52 Å². The van der Waals surface area contributed by atoms with Gasteiger partial charge in [0.25, 0.3) is 0 Å². The van der Waals surface area contributed by atoms with Gasteiger partial charge in [-0.1, -0.05) is 33.8 Å². The van der Waals surface area contributed by atoms with E-state index in [9.17, 15) is 0 Å². The van der Waals surface area contributed by atoms with Gasteiger partial charge in [0.1, 0.15) is 0 Å². The van der Waals surface area contributed by atoms with Crippen LogP contribution >= 0.6 is 0 Å². The van der Waals surface area contributed by atoms with Gasteiger partial charge in [-0.2, -0.15) is 5.10 Å². The molecule has 2 heteroatoms. The molecule has 1 heterocycles. The van der Waals surface area contributed by atoms with Gasteiger partial charge in [-0.05, 0) is 30.0 Å². The van der Waals surface area contributed by atoms with E-state index in [0.29, 0.717) is 5.92 Å². The molecular weight excluding hydrogens is 184 g/mol. The molecule has 0 saturated carbocycles. The van der Waals surface area contributed by atoms with Crippen LogP contribution in [0.15, 0.2) is 18.3 Å². The quantitative estimate of drug-likeness (QED) is 0.746. The molecule has 0 fully saturated rings. The zero-order valence-corrected chi connectivity index (χ0v) is 10.3. The van der Waals surface area contributed by atoms with Gasteiger partial charge in [0, 0.05) is 5.39 Å². The predicted molar refractivity (Wildman–Crippen MR) is 66.3 cm³/mol. The number of H-pyrrole nitrogens is 1. The maximum atomic E-state index is 4.06. The molecule has 0 radical (unpaired) electrons. The summed E-state index contributed by atoms with van der Waals surface area (Å²) in [5.41, 5.74) is 3.89. The van der Waals surface area contributed by atoms with Crippen LogP contribution in [0.25, 0.3) is 10.9 Å². The smallest absolute Gasteiger partial charge is 0.0653 e. The third-order valence-corrected chi connectivity index (χ3v) is 2.46. The van der Waals surface area contributed by atoms with Crippen molar-refractivity contribution in [1.82, 2.24) is 10.2 Å². The average Bonchev–Trinajstić information content (AvgIpc) is 2.67. The summed E-state index contributed by atoms with van der Waals surface area (Å²) >= 11 is 0. The number of hydrogen-bond acceptors (Lipinski definition) is 1. The van der Waals surface area contributed by atoms with E-state index in [-0.39, 0.29) is 0 Å².